The molecule has 0 saturated carbocycles. The molecule has 0 fully saturated rings. The summed E-state index contributed by atoms with van der Waals surface area (Å²) in [5.74, 6) is 0.387. The Labute approximate surface area is 66.5 Å². The third kappa shape index (κ3) is 1.12. The van der Waals surface area contributed by atoms with Crippen LogP contribution in [-0.4, -0.2) is 5.11 Å². The molecule has 1 nitrogen and oxygen atoms in total. The highest BCUT2D eigenvalue weighted by molar-refractivity contribution is 9.11. The van der Waals surface area contributed by atoms with E-state index in [-0.39, 0.29) is 0 Å². The van der Waals surface area contributed by atoms with Gasteiger partial charge in [-0.2, -0.15) is 0 Å². The molecule has 1 aromatic rings. The van der Waals surface area contributed by atoms with Crippen LogP contribution in [0.3, 0.4) is 0 Å². The van der Waals surface area contributed by atoms with Gasteiger partial charge in [-0.3, -0.25) is 0 Å². The number of rotatable bonds is 0. The number of aromatic hydroxyl groups is 1. The molecule has 1 aromatic heterocycles. The first-order valence-corrected chi connectivity index (χ1v) is 4.18. The topological polar surface area (TPSA) is 20.2 Å². The fraction of sp³-hybridized carbons (Fsp3) is 0.333. The maximum Gasteiger partial charge on any atom is 0.143 e. The Morgan fingerprint density at radius 3 is 2.11 bits per heavy atom. The molecular weight excluding hydrogens is 200 g/mol. The molecule has 0 spiro atoms. The Hall–Kier alpha value is -0.0200. The van der Waals surface area contributed by atoms with E-state index >= 15 is 0 Å². The zero-order valence-corrected chi connectivity index (χ0v) is 7.64. The molecule has 3 heteroatoms. The predicted molar refractivity (Wildman–Crippen MR) is 43.2 cm³/mol. The maximum absolute atomic E-state index is 9.19. The summed E-state index contributed by atoms with van der Waals surface area (Å²) in [4.78, 5) is 1.17. The van der Waals surface area contributed by atoms with E-state index in [1.807, 2.05) is 13.8 Å². The minimum Gasteiger partial charge on any atom is -0.506 e. The van der Waals surface area contributed by atoms with Crippen molar-refractivity contribution >= 4 is 27.3 Å². The summed E-state index contributed by atoms with van der Waals surface area (Å²) >= 11 is 4.80. The van der Waals surface area contributed by atoms with E-state index in [1.54, 1.807) is 11.3 Å². The Bertz CT molecular complexity index is 207. The lowest BCUT2D eigenvalue weighted by Crippen LogP contribution is -1.66. The van der Waals surface area contributed by atoms with Gasteiger partial charge in [0.2, 0.25) is 0 Å². The van der Waals surface area contributed by atoms with Crippen LogP contribution >= 0.6 is 27.3 Å². The van der Waals surface area contributed by atoms with Crippen molar-refractivity contribution in [2.75, 3.05) is 0 Å². The van der Waals surface area contributed by atoms with Gasteiger partial charge in [0.15, 0.2) is 0 Å². The summed E-state index contributed by atoms with van der Waals surface area (Å²) in [5, 5.41) is 9.19. The standard InChI is InChI=1S/C6H7BrOS/c1-3-4(2)9-6(7)5(3)8/h8H,1-2H3. The van der Waals surface area contributed by atoms with E-state index in [1.165, 1.54) is 4.88 Å². The molecule has 0 atom stereocenters. The number of thiophene rings is 1. The fourth-order valence-corrected chi connectivity index (χ4v) is 2.37. The molecule has 0 aliphatic rings. The van der Waals surface area contributed by atoms with Crippen LogP contribution in [0.15, 0.2) is 3.79 Å². The third-order valence-electron chi connectivity index (χ3n) is 1.31. The zero-order chi connectivity index (χ0) is 7.02. The fourth-order valence-electron chi connectivity index (χ4n) is 0.573. The molecule has 1 heterocycles. The second kappa shape index (κ2) is 2.31. The van der Waals surface area contributed by atoms with E-state index in [0.29, 0.717) is 5.75 Å². The molecule has 1 N–H and O–H groups in total. The number of hydrogen-bond donors (Lipinski definition) is 1. The summed E-state index contributed by atoms with van der Waals surface area (Å²) in [6, 6.07) is 0. The van der Waals surface area contributed by atoms with Crippen molar-refractivity contribution in [1.82, 2.24) is 0 Å². The third-order valence-corrected chi connectivity index (χ3v) is 3.16. The van der Waals surface area contributed by atoms with Gasteiger partial charge in [0.25, 0.3) is 0 Å². The summed E-state index contributed by atoms with van der Waals surface area (Å²) < 4.78 is 0.831. The average molecular weight is 207 g/mol. The summed E-state index contributed by atoms with van der Waals surface area (Å²) in [6.07, 6.45) is 0. The van der Waals surface area contributed by atoms with Crippen LogP contribution in [0.25, 0.3) is 0 Å². The highest BCUT2D eigenvalue weighted by Gasteiger charge is 2.06. The van der Waals surface area contributed by atoms with Crippen molar-refractivity contribution in [2.45, 2.75) is 13.8 Å². The number of aryl methyl sites for hydroxylation is 1. The molecule has 0 radical (unpaired) electrons. The van der Waals surface area contributed by atoms with Crippen LogP contribution in [-0.2, 0) is 0 Å². The van der Waals surface area contributed by atoms with Gasteiger partial charge < -0.3 is 5.11 Å². The first-order valence-electron chi connectivity index (χ1n) is 2.57. The van der Waals surface area contributed by atoms with Gasteiger partial charge in [-0.1, -0.05) is 0 Å². The summed E-state index contributed by atoms with van der Waals surface area (Å²) in [6.45, 7) is 3.90. The van der Waals surface area contributed by atoms with Crippen molar-refractivity contribution < 1.29 is 5.11 Å². The molecule has 0 aliphatic carbocycles. The van der Waals surface area contributed by atoms with Gasteiger partial charge in [-0.15, -0.1) is 11.3 Å². The Kier molecular flexibility index (Phi) is 1.82. The smallest absolute Gasteiger partial charge is 0.143 e. The highest BCUT2D eigenvalue weighted by atomic mass is 79.9. The molecular formula is C6H7BrOS. The van der Waals surface area contributed by atoms with E-state index in [9.17, 15) is 5.11 Å². The minimum absolute atomic E-state index is 0.387. The Morgan fingerprint density at radius 2 is 2.00 bits per heavy atom. The van der Waals surface area contributed by atoms with Gasteiger partial charge in [0.1, 0.15) is 9.54 Å². The highest BCUT2D eigenvalue weighted by Crippen LogP contribution is 2.37. The molecule has 1 rings (SSSR count). The molecule has 9 heavy (non-hydrogen) atoms. The quantitative estimate of drug-likeness (QED) is 0.693. The van der Waals surface area contributed by atoms with Crippen molar-refractivity contribution in [1.29, 1.82) is 0 Å². The lowest BCUT2D eigenvalue weighted by molar-refractivity contribution is 0.470. The molecule has 0 aliphatic heterocycles. The van der Waals surface area contributed by atoms with E-state index in [2.05, 4.69) is 15.9 Å². The average Bonchev–Trinajstić information content (AvgIpc) is 1.98. The summed E-state index contributed by atoms with van der Waals surface area (Å²) in [7, 11) is 0. The monoisotopic (exact) mass is 206 g/mol. The van der Waals surface area contributed by atoms with Gasteiger partial charge in [-0.25, -0.2) is 0 Å². The van der Waals surface area contributed by atoms with Crippen LogP contribution in [0.5, 0.6) is 5.75 Å². The minimum atomic E-state index is 0.387. The van der Waals surface area contributed by atoms with Crippen LogP contribution < -0.4 is 0 Å². The Balaban J connectivity index is 3.29. The van der Waals surface area contributed by atoms with Crippen LogP contribution in [0.1, 0.15) is 10.4 Å². The van der Waals surface area contributed by atoms with Crippen molar-refractivity contribution in [3.05, 3.63) is 14.2 Å². The van der Waals surface area contributed by atoms with Gasteiger partial charge >= 0.3 is 0 Å². The summed E-state index contributed by atoms with van der Waals surface area (Å²) in [5.41, 5.74) is 0.979. The van der Waals surface area contributed by atoms with Crippen LogP contribution in [0.2, 0.25) is 0 Å². The van der Waals surface area contributed by atoms with Crippen molar-refractivity contribution in [2.24, 2.45) is 0 Å². The van der Waals surface area contributed by atoms with Crippen LogP contribution in [0, 0.1) is 13.8 Å². The van der Waals surface area contributed by atoms with Gasteiger partial charge in [0.05, 0.1) is 0 Å². The first-order chi connectivity index (χ1) is 4.13. The molecule has 0 saturated heterocycles. The number of halogens is 1. The molecule has 50 valence electrons. The van der Waals surface area contributed by atoms with Crippen LogP contribution in [0.4, 0.5) is 0 Å². The van der Waals surface area contributed by atoms with E-state index in [0.717, 1.165) is 9.35 Å². The number of hydrogen-bond acceptors (Lipinski definition) is 2. The lowest BCUT2D eigenvalue weighted by atomic mass is 10.3. The van der Waals surface area contributed by atoms with Gasteiger partial charge in [0, 0.05) is 10.4 Å². The lowest BCUT2D eigenvalue weighted by Gasteiger charge is -1.87. The molecule has 0 bridgehead atoms. The Morgan fingerprint density at radius 1 is 1.44 bits per heavy atom. The second-order valence-electron chi connectivity index (χ2n) is 1.91. The largest absolute Gasteiger partial charge is 0.506 e. The molecule has 0 unspecified atom stereocenters. The van der Waals surface area contributed by atoms with E-state index < -0.39 is 0 Å². The predicted octanol–water partition coefficient (Wildman–Crippen LogP) is 2.83. The normalized spacial score (nSPS) is 10.1. The second-order valence-corrected chi connectivity index (χ2v) is 4.45. The van der Waals surface area contributed by atoms with Crippen molar-refractivity contribution in [3.63, 3.8) is 0 Å². The maximum atomic E-state index is 9.19. The molecule has 0 aromatic carbocycles. The first kappa shape index (κ1) is 7.09. The van der Waals surface area contributed by atoms with Gasteiger partial charge in [-0.05, 0) is 29.8 Å². The SMILES string of the molecule is Cc1sc(Br)c(O)c1C. The van der Waals surface area contributed by atoms with E-state index in [4.69, 9.17) is 0 Å². The van der Waals surface area contributed by atoms with Crippen molar-refractivity contribution in [3.8, 4) is 5.75 Å². The molecule has 0 amide bonds. The zero-order valence-electron chi connectivity index (χ0n) is 5.23.